The van der Waals surface area contributed by atoms with Crippen molar-refractivity contribution in [2.24, 2.45) is 0 Å². The third kappa shape index (κ3) is 6.01. The molecule has 2 rings (SSSR count). The second-order valence-corrected chi connectivity index (χ2v) is 5.63. The fourth-order valence-electron chi connectivity index (χ4n) is 2.28. The fourth-order valence-corrected chi connectivity index (χ4v) is 2.28. The molecular weight excluding hydrogens is 376 g/mol. The van der Waals surface area contributed by atoms with Crippen LogP contribution in [-0.2, 0) is 14.3 Å². The Balaban J connectivity index is 2.17. The molecule has 0 heterocycles. The van der Waals surface area contributed by atoms with E-state index in [0.29, 0.717) is 28.5 Å². The van der Waals surface area contributed by atoms with E-state index in [1.165, 1.54) is 20.3 Å². The Morgan fingerprint density at radius 1 is 1.03 bits per heavy atom. The van der Waals surface area contributed by atoms with Crippen LogP contribution >= 0.6 is 0 Å². The van der Waals surface area contributed by atoms with Crippen molar-refractivity contribution in [2.75, 3.05) is 33.3 Å². The van der Waals surface area contributed by atoms with Crippen LogP contribution < -0.4 is 19.5 Å². The number of hydrogen-bond acceptors (Lipinski definition) is 7. The Bertz CT molecular complexity index is 945. The molecule has 2 aromatic rings. The summed E-state index contributed by atoms with van der Waals surface area (Å²) < 4.78 is 20.2. The number of carbonyl (C=O) groups excluding carboxylic acids is 2. The molecule has 0 saturated heterocycles. The van der Waals surface area contributed by atoms with E-state index in [4.69, 9.17) is 14.2 Å². The fraction of sp³-hybridized carbons (Fsp3) is 0.190. The van der Waals surface area contributed by atoms with Gasteiger partial charge in [-0.05, 0) is 48.0 Å². The first kappa shape index (κ1) is 21.3. The minimum atomic E-state index is -0.553. The number of methoxy groups -OCH3 is 3. The van der Waals surface area contributed by atoms with Gasteiger partial charge in [-0.15, -0.1) is 0 Å². The lowest BCUT2D eigenvalue weighted by Gasteiger charge is -2.10. The Labute approximate surface area is 168 Å². The molecule has 0 aliphatic carbocycles. The number of esters is 1. The number of carbonyl (C=O) groups is 2. The predicted octanol–water partition coefficient (Wildman–Crippen LogP) is 2.80. The number of amides is 1. The third-order valence-corrected chi connectivity index (χ3v) is 3.78. The van der Waals surface area contributed by atoms with E-state index in [2.05, 4.69) is 10.1 Å². The van der Waals surface area contributed by atoms with E-state index in [1.54, 1.807) is 49.6 Å². The van der Waals surface area contributed by atoms with Crippen LogP contribution in [0.5, 0.6) is 17.2 Å². The van der Waals surface area contributed by atoms with E-state index >= 15 is 0 Å². The van der Waals surface area contributed by atoms with Gasteiger partial charge in [0.25, 0.3) is 5.91 Å². The molecule has 0 aromatic heterocycles. The molecule has 29 heavy (non-hydrogen) atoms. The van der Waals surface area contributed by atoms with Crippen molar-refractivity contribution in [3.8, 4) is 23.3 Å². The molecule has 8 heteroatoms. The Morgan fingerprint density at radius 2 is 1.76 bits per heavy atom. The summed E-state index contributed by atoms with van der Waals surface area (Å²) in [5.74, 6) is 0.244. The van der Waals surface area contributed by atoms with Crippen LogP contribution in [0.25, 0.3) is 6.08 Å². The normalized spacial score (nSPS) is 10.5. The Hall–Kier alpha value is -3.99. The molecule has 1 N–H and O–H groups in total. The summed E-state index contributed by atoms with van der Waals surface area (Å²) in [5, 5.41) is 12.0. The summed E-state index contributed by atoms with van der Waals surface area (Å²) in [7, 11) is 4.25. The standard InChI is InChI=1S/C21H20N2O6/c1-26-17-7-5-16(6-8-17)23-21(25)15(12-22)10-14-4-9-18(19(11-14)27-2)29-13-20(24)28-3/h4-11H,13H2,1-3H3,(H,23,25)/b15-10+. The van der Waals surface area contributed by atoms with Crippen molar-refractivity contribution in [3.05, 3.63) is 53.6 Å². The monoisotopic (exact) mass is 396 g/mol. The highest BCUT2D eigenvalue weighted by Crippen LogP contribution is 2.29. The van der Waals surface area contributed by atoms with Crippen LogP contribution in [0.3, 0.4) is 0 Å². The Kier molecular flexibility index (Phi) is 7.62. The lowest BCUT2D eigenvalue weighted by molar-refractivity contribution is -0.142. The van der Waals surface area contributed by atoms with E-state index in [1.807, 2.05) is 6.07 Å². The molecule has 0 atom stereocenters. The third-order valence-electron chi connectivity index (χ3n) is 3.78. The molecule has 0 unspecified atom stereocenters. The zero-order valence-corrected chi connectivity index (χ0v) is 16.2. The van der Waals surface area contributed by atoms with Gasteiger partial charge in [-0.1, -0.05) is 6.07 Å². The van der Waals surface area contributed by atoms with Gasteiger partial charge in [-0.3, -0.25) is 4.79 Å². The maximum atomic E-state index is 12.4. The second-order valence-electron chi connectivity index (χ2n) is 5.63. The van der Waals surface area contributed by atoms with E-state index < -0.39 is 11.9 Å². The molecule has 8 nitrogen and oxygen atoms in total. The van der Waals surface area contributed by atoms with Crippen molar-refractivity contribution in [2.45, 2.75) is 0 Å². The number of nitrogens with one attached hydrogen (secondary N) is 1. The zero-order chi connectivity index (χ0) is 21.2. The first-order chi connectivity index (χ1) is 14.0. The van der Waals surface area contributed by atoms with Gasteiger partial charge >= 0.3 is 5.97 Å². The second kappa shape index (κ2) is 10.4. The highest BCUT2D eigenvalue weighted by atomic mass is 16.6. The van der Waals surface area contributed by atoms with Crippen LogP contribution in [0.2, 0.25) is 0 Å². The summed E-state index contributed by atoms with van der Waals surface area (Å²) in [4.78, 5) is 23.6. The molecule has 0 spiro atoms. The lowest BCUT2D eigenvalue weighted by atomic mass is 10.1. The zero-order valence-electron chi connectivity index (χ0n) is 16.2. The van der Waals surface area contributed by atoms with Gasteiger partial charge in [-0.2, -0.15) is 5.26 Å². The number of ether oxygens (including phenoxy) is 4. The first-order valence-electron chi connectivity index (χ1n) is 8.45. The van der Waals surface area contributed by atoms with E-state index in [0.717, 1.165) is 0 Å². The highest BCUT2D eigenvalue weighted by molar-refractivity contribution is 6.09. The first-order valence-corrected chi connectivity index (χ1v) is 8.45. The summed E-state index contributed by atoms with van der Waals surface area (Å²) in [6.45, 7) is -0.268. The largest absolute Gasteiger partial charge is 0.497 e. The molecule has 1 amide bonds. The summed E-state index contributed by atoms with van der Waals surface area (Å²) in [6, 6.07) is 13.4. The van der Waals surface area contributed by atoms with Crippen LogP contribution in [0.1, 0.15) is 5.56 Å². The molecule has 2 aromatic carbocycles. The lowest BCUT2D eigenvalue weighted by Crippen LogP contribution is -2.13. The molecule has 0 bridgehead atoms. The van der Waals surface area contributed by atoms with Gasteiger partial charge in [0.05, 0.1) is 21.3 Å². The average Bonchev–Trinajstić information content (AvgIpc) is 2.76. The quantitative estimate of drug-likeness (QED) is 0.415. The molecule has 0 aliphatic heterocycles. The van der Waals surface area contributed by atoms with Crippen molar-refractivity contribution in [1.82, 2.24) is 0 Å². The summed E-state index contributed by atoms with van der Waals surface area (Å²) in [6.07, 6.45) is 1.42. The summed E-state index contributed by atoms with van der Waals surface area (Å²) in [5.41, 5.74) is 0.987. The van der Waals surface area contributed by atoms with Gasteiger partial charge in [0.1, 0.15) is 17.4 Å². The average molecular weight is 396 g/mol. The van der Waals surface area contributed by atoms with Crippen molar-refractivity contribution in [3.63, 3.8) is 0 Å². The molecule has 0 radical (unpaired) electrons. The topological polar surface area (TPSA) is 107 Å². The maximum absolute atomic E-state index is 12.4. The Morgan fingerprint density at radius 3 is 2.34 bits per heavy atom. The predicted molar refractivity (Wildman–Crippen MR) is 106 cm³/mol. The number of nitriles is 1. The maximum Gasteiger partial charge on any atom is 0.343 e. The van der Waals surface area contributed by atoms with Crippen LogP contribution in [0.15, 0.2) is 48.0 Å². The SMILES string of the molecule is COC(=O)COc1ccc(/C=C(\C#N)C(=O)Nc2ccc(OC)cc2)cc1OC. The van der Waals surface area contributed by atoms with Gasteiger partial charge < -0.3 is 24.3 Å². The van der Waals surface area contributed by atoms with Gasteiger partial charge in [-0.25, -0.2) is 4.79 Å². The van der Waals surface area contributed by atoms with E-state index in [9.17, 15) is 14.9 Å². The smallest absolute Gasteiger partial charge is 0.343 e. The van der Waals surface area contributed by atoms with Gasteiger partial charge in [0.15, 0.2) is 18.1 Å². The number of rotatable bonds is 8. The van der Waals surface area contributed by atoms with Crippen LogP contribution in [-0.4, -0.2) is 39.8 Å². The minimum absolute atomic E-state index is 0.0916. The molecule has 0 aliphatic rings. The van der Waals surface area contributed by atoms with Crippen LogP contribution in [0.4, 0.5) is 5.69 Å². The highest BCUT2D eigenvalue weighted by Gasteiger charge is 2.12. The molecular formula is C21H20N2O6. The number of hydrogen-bond donors (Lipinski definition) is 1. The molecule has 150 valence electrons. The van der Waals surface area contributed by atoms with Crippen LogP contribution in [0, 0.1) is 11.3 Å². The minimum Gasteiger partial charge on any atom is -0.497 e. The number of benzene rings is 2. The van der Waals surface area contributed by atoms with Gasteiger partial charge in [0, 0.05) is 5.69 Å². The number of nitrogens with zero attached hydrogens (tertiary/aromatic N) is 1. The van der Waals surface area contributed by atoms with Crippen molar-refractivity contribution >= 4 is 23.6 Å². The molecule has 0 fully saturated rings. The summed E-state index contributed by atoms with van der Waals surface area (Å²) >= 11 is 0. The van der Waals surface area contributed by atoms with Crippen molar-refractivity contribution < 1.29 is 28.5 Å². The number of anilines is 1. The van der Waals surface area contributed by atoms with E-state index in [-0.39, 0.29) is 12.2 Å². The van der Waals surface area contributed by atoms with Crippen molar-refractivity contribution in [1.29, 1.82) is 5.26 Å². The molecule has 0 saturated carbocycles. The van der Waals surface area contributed by atoms with Gasteiger partial charge in [0.2, 0.25) is 0 Å².